The van der Waals surface area contributed by atoms with Crippen molar-refractivity contribution in [3.63, 3.8) is 0 Å². The minimum atomic E-state index is -1.11. The number of aliphatic hydroxyl groups excluding tert-OH is 1. The molecule has 1 aromatic heterocycles. The largest absolute Gasteiger partial charge is 0.472 e. The SMILES string of the molecule is C/C=C(\C)C(=O)O[C@@H]1[C@@H]2C=C3[C@@H]4CC(=O)O[C@@H](c5ccoc5)[C@]4(C)CC[C@@H]3[C@@](C)(C2=O)[C@@H](CC(=O)OC)[C@@]1(C)CO. The number of esters is 3. The lowest BCUT2D eigenvalue weighted by Gasteiger charge is -2.64. The quantitative estimate of drug-likeness (QED) is 0.228. The molecule has 41 heavy (non-hydrogen) atoms. The smallest absolute Gasteiger partial charge is 0.333 e. The second kappa shape index (κ2) is 10.3. The van der Waals surface area contributed by atoms with Gasteiger partial charge in [-0.2, -0.15) is 0 Å². The zero-order valence-electron chi connectivity index (χ0n) is 24.6. The second-order valence-corrected chi connectivity index (χ2v) is 12.9. The van der Waals surface area contributed by atoms with Crippen LogP contribution in [0, 0.1) is 39.9 Å². The third-order valence-corrected chi connectivity index (χ3v) is 11.0. The molecule has 9 heteroatoms. The van der Waals surface area contributed by atoms with E-state index in [4.69, 9.17) is 18.6 Å². The van der Waals surface area contributed by atoms with E-state index in [0.29, 0.717) is 18.4 Å². The van der Waals surface area contributed by atoms with Crippen LogP contribution in [-0.2, 0) is 33.4 Å². The van der Waals surface area contributed by atoms with Gasteiger partial charge in [-0.1, -0.05) is 38.5 Å². The van der Waals surface area contributed by atoms with Crippen molar-refractivity contribution in [1.29, 1.82) is 0 Å². The summed E-state index contributed by atoms with van der Waals surface area (Å²) in [6.45, 7) is 8.75. The van der Waals surface area contributed by atoms with Crippen LogP contribution in [0.4, 0.5) is 0 Å². The number of methoxy groups -OCH3 is 1. The Balaban J connectivity index is 1.68. The summed E-state index contributed by atoms with van der Waals surface area (Å²) < 4.78 is 22.3. The highest BCUT2D eigenvalue weighted by molar-refractivity contribution is 5.94. The van der Waals surface area contributed by atoms with Crippen molar-refractivity contribution in [3.8, 4) is 0 Å². The van der Waals surface area contributed by atoms with E-state index in [1.165, 1.54) is 7.11 Å². The Bertz CT molecular complexity index is 1310. The molecule has 9 atom stereocenters. The molecule has 1 N–H and O–H groups in total. The first-order chi connectivity index (χ1) is 19.4. The molecule has 0 unspecified atom stereocenters. The number of fused-ring (bicyclic) bond motifs is 6. The van der Waals surface area contributed by atoms with Crippen molar-refractivity contribution < 1.29 is 42.9 Å². The lowest BCUT2D eigenvalue weighted by molar-refractivity contribution is -0.203. The number of aliphatic hydroxyl groups is 1. The van der Waals surface area contributed by atoms with Crippen LogP contribution in [0.5, 0.6) is 0 Å². The average molecular weight is 569 g/mol. The number of ether oxygens (including phenoxy) is 3. The summed E-state index contributed by atoms with van der Waals surface area (Å²) in [5.41, 5.74) is -0.509. The first-order valence-corrected chi connectivity index (χ1v) is 14.4. The molecule has 4 aliphatic rings. The summed E-state index contributed by atoms with van der Waals surface area (Å²) in [5.74, 6) is -3.56. The molecule has 0 amide bonds. The number of cyclic esters (lactones) is 1. The van der Waals surface area contributed by atoms with E-state index in [-0.39, 0.29) is 36.4 Å². The third kappa shape index (κ3) is 4.22. The zero-order valence-corrected chi connectivity index (χ0v) is 24.6. The number of carbonyl (C=O) groups excluding carboxylic acids is 4. The van der Waals surface area contributed by atoms with Gasteiger partial charge in [0.15, 0.2) is 0 Å². The number of furan rings is 1. The normalized spacial score (nSPS) is 40.1. The van der Waals surface area contributed by atoms with Gasteiger partial charge in [-0.15, -0.1) is 0 Å². The first kappa shape index (κ1) is 29.3. The molecule has 0 spiro atoms. The Hall–Kier alpha value is -3.20. The summed E-state index contributed by atoms with van der Waals surface area (Å²) >= 11 is 0. The predicted octanol–water partition coefficient (Wildman–Crippen LogP) is 4.50. The van der Waals surface area contributed by atoms with Gasteiger partial charge in [-0.25, -0.2) is 4.79 Å². The Morgan fingerprint density at radius 3 is 2.54 bits per heavy atom. The molecule has 3 aliphatic carbocycles. The molecule has 0 aromatic carbocycles. The third-order valence-electron chi connectivity index (χ3n) is 11.0. The number of allylic oxidation sites excluding steroid dienone is 2. The minimum absolute atomic E-state index is 0.115. The summed E-state index contributed by atoms with van der Waals surface area (Å²) in [7, 11) is 1.29. The van der Waals surface area contributed by atoms with E-state index in [1.807, 2.05) is 19.1 Å². The van der Waals surface area contributed by atoms with Gasteiger partial charge in [0.25, 0.3) is 0 Å². The van der Waals surface area contributed by atoms with E-state index < -0.39 is 58.8 Å². The number of hydrogen-bond acceptors (Lipinski definition) is 9. The van der Waals surface area contributed by atoms with E-state index in [0.717, 1.165) is 11.1 Å². The van der Waals surface area contributed by atoms with Crippen molar-refractivity contribution in [2.75, 3.05) is 13.7 Å². The Morgan fingerprint density at radius 1 is 1.20 bits per heavy atom. The van der Waals surface area contributed by atoms with Gasteiger partial charge in [0.05, 0.1) is 45.0 Å². The topological polar surface area (TPSA) is 129 Å². The van der Waals surface area contributed by atoms with Crippen molar-refractivity contribution in [2.24, 2.45) is 39.9 Å². The van der Waals surface area contributed by atoms with Gasteiger partial charge < -0.3 is 23.7 Å². The van der Waals surface area contributed by atoms with Crippen LogP contribution in [0.25, 0.3) is 0 Å². The molecule has 5 rings (SSSR count). The number of Topliss-reactive ketones (excluding diaryl/α,β-unsaturated/α-hetero) is 1. The summed E-state index contributed by atoms with van der Waals surface area (Å²) in [6.07, 6.45) is 6.51. The molecule has 0 radical (unpaired) electrons. The Morgan fingerprint density at radius 2 is 1.93 bits per heavy atom. The molecular weight excluding hydrogens is 528 g/mol. The van der Waals surface area contributed by atoms with E-state index in [1.54, 1.807) is 39.4 Å². The number of rotatable bonds is 6. The fourth-order valence-corrected chi connectivity index (χ4v) is 8.49. The Labute approximate surface area is 240 Å². The van der Waals surface area contributed by atoms with Crippen LogP contribution in [0.1, 0.15) is 72.0 Å². The highest BCUT2D eigenvalue weighted by atomic mass is 16.6. The highest BCUT2D eigenvalue weighted by Crippen LogP contribution is 2.68. The maximum Gasteiger partial charge on any atom is 0.333 e. The van der Waals surface area contributed by atoms with Crippen molar-refractivity contribution in [3.05, 3.63) is 47.5 Å². The average Bonchev–Trinajstić information content (AvgIpc) is 3.49. The van der Waals surface area contributed by atoms with Crippen LogP contribution >= 0.6 is 0 Å². The van der Waals surface area contributed by atoms with Gasteiger partial charge in [0, 0.05) is 27.4 Å². The molecule has 1 aliphatic heterocycles. The van der Waals surface area contributed by atoms with Gasteiger partial charge in [0.1, 0.15) is 18.0 Å². The molecule has 2 heterocycles. The van der Waals surface area contributed by atoms with Crippen molar-refractivity contribution in [2.45, 2.75) is 72.5 Å². The van der Waals surface area contributed by atoms with Crippen LogP contribution in [0.15, 0.2) is 46.3 Å². The standard InChI is InChI=1S/C32H40O9/c1-7-17(2)29(37)41-28-20-12-19-21(32(5,26(20)36)23(14-24(34)38-6)31(28,4)16-33)8-10-30(3)22(19)13-25(35)40-27(30)18-9-11-39-15-18/h7,9,11-12,15,20-23,27-28,33H,8,10,13-14,16H2,1-6H3/b17-7+/t20-,21+,22+,23+,27+,28-,30-,31-,32-/m1/s1. The van der Waals surface area contributed by atoms with Crippen molar-refractivity contribution >= 4 is 23.7 Å². The van der Waals surface area contributed by atoms with Crippen molar-refractivity contribution in [1.82, 2.24) is 0 Å². The molecule has 2 bridgehead atoms. The zero-order chi connectivity index (χ0) is 29.9. The molecule has 9 nitrogen and oxygen atoms in total. The lowest BCUT2D eigenvalue weighted by Crippen LogP contribution is -2.68. The molecule has 222 valence electrons. The fourth-order valence-electron chi connectivity index (χ4n) is 8.49. The lowest BCUT2D eigenvalue weighted by atomic mass is 9.40. The van der Waals surface area contributed by atoms with E-state index in [9.17, 15) is 24.3 Å². The maximum atomic E-state index is 14.5. The summed E-state index contributed by atoms with van der Waals surface area (Å²) in [4.78, 5) is 53.4. The molecular formula is C32H40O9. The van der Waals surface area contributed by atoms with Crippen LogP contribution in [-0.4, -0.2) is 48.6 Å². The fraction of sp³-hybridized carbons (Fsp3) is 0.625. The number of carbonyl (C=O) groups is 4. The monoisotopic (exact) mass is 568 g/mol. The number of ketones is 1. The second-order valence-electron chi connectivity index (χ2n) is 12.9. The Kier molecular flexibility index (Phi) is 7.33. The maximum absolute atomic E-state index is 14.5. The first-order valence-electron chi connectivity index (χ1n) is 14.4. The summed E-state index contributed by atoms with van der Waals surface area (Å²) in [6, 6.07) is 1.81. The highest BCUT2D eigenvalue weighted by Gasteiger charge is 2.70. The van der Waals surface area contributed by atoms with E-state index in [2.05, 4.69) is 6.92 Å². The molecule has 2 saturated carbocycles. The van der Waals surface area contributed by atoms with Gasteiger partial charge in [-0.05, 0) is 50.5 Å². The van der Waals surface area contributed by atoms with Gasteiger partial charge in [-0.3, -0.25) is 14.4 Å². The number of hydrogen-bond donors (Lipinski definition) is 1. The minimum Gasteiger partial charge on any atom is -0.472 e. The molecule has 1 saturated heterocycles. The van der Waals surface area contributed by atoms with Gasteiger partial charge in [0.2, 0.25) is 0 Å². The van der Waals surface area contributed by atoms with Crippen LogP contribution in [0.3, 0.4) is 0 Å². The molecule has 1 aromatic rings. The molecule has 3 fully saturated rings. The van der Waals surface area contributed by atoms with Crippen LogP contribution in [0.2, 0.25) is 0 Å². The summed E-state index contributed by atoms with van der Waals surface area (Å²) in [5, 5.41) is 10.9. The predicted molar refractivity (Wildman–Crippen MR) is 146 cm³/mol. The van der Waals surface area contributed by atoms with E-state index >= 15 is 0 Å². The van der Waals surface area contributed by atoms with Crippen LogP contribution < -0.4 is 0 Å². The van der Waals surface area contributed by atoms with Gasteiger partial charge >= 0.3 is 17.9 Å².